The zero-order chi connectivity index (χ0) is 19.9. The van der Waals surface area contributed by atoms with E-state index >= 15 is 0 Å². The second-order valence-electron chi connectivity index (χ2n) is 8.73. The molecule has 3 aliphatic heterocycles. The smallest absolute Gasteiger partial charge is 0.351 e. The van der Waals surface area contributed by atoms with Crippen LogP contribution in [0.25, 0.3) is 0 Å². The molecule has 7 heteroatoms. The van der Waals surface area contributed by atoms with Gasteiger partial charge in [-0.25, -0.2) is 8.48 Å². The fourth-order valence-corrected chi connectivity index (χ4v) is 18.8. The van der Waals surface area contributed by atoms with E-state index in [1.807, 2.05) is 23.5 Å². The number of benzene rings is 2. The lowest BCUT2D eigenvalue weighted by atomic mass is 10.1. The summed E-state index contributed by atoms with van der Waals surface area (Å²) in [4.78, 5) is 2.80. The van der Waals surface area contributed by atoms with Crippen molar-refractivity contribution < 1.29 is 12.6 Å². The van der Waals surface area contributed by atoms with Crippen molar-refractivity contribution in [3.8, 4) is 0 Å². The van der Waals surface area contributed by atoms with Crippen LogP contribution in [-0.4, -0.2) is 42.2 Å². The molecule has 0 unspecified atom stereocenters. The third-order valence-corrected chi connectivity index (χ3v) is 17.0. The first-order valence-corrected chi connectivity index (χ1v) is 17.0. The lowest BCUT2D eigenvalue weighted by molar-refractivity contribution is -0.678. The van der Waals surface area contributed by atoms with Crippen LogP contribution in [0.15, 0.2) is 46.2 Å². The van der Waals surface area contributed by atoms with E-state index in [0.29, 0.717) is 0 Å². The summed E-state index contributed by atoms with van der Waals surface area (Å²) in [5.74, 6) is 0. The first kappa shape index (κ1) is 18.9. The molecule has 2 aromatic rings. The predicted octanol–water partition coefficient (Wildman–Crippen LogP) is 5.12. The van der Waals surface area contributed by atoms with E-state index in [1.54, 1.807) is 0 Å². The molecule has 5 rings (SSSR count). The first-order valence-electron chi connectivity index (χ1n) is 9.70. The molecule has 28 heavy (non-hydrogen) atoms. The number of fused-ring (bicyclic) bond motifs is 2. The van der Waals surface area contributed by atoms with Crippen molar-refractivity contribution in [2.75, 3.05) is 0 Å². The van der Waals surface area contributed by atoms with Gasteiger partial charge in [0.1, 0.15) is 0 Å². The Morgan fingerprint density at radius 3 is 1.61 bits per heavy atom. The van der Waals surface area contributed by atoms with Crippen LogP contribution >= 0.6 is 23.5 Å². The van der Waals surface area contributed by atoms with Crippen molar-refractivity contribution in [3.05, 3.63) is 58.7 Å². The van der Waals surface area contributed by atoms with Crippen molar-refractivity contribution in [1.29, 1.82) is 0 Å². The highest BCUT2D eigenvalue weighted by Gasteiger charge is 2.74. The molecule has 3 heterocycles. The molecule has 144 valence electrons. The molecular weight excluding hydrogens is 417 g/mol. The highest BCUT2D eigenvalue weighted by atomic mass is 32.2. The molecule has 2 aromatic carbocycles. The summed E-state index contributed by atoms with van der Waals surface area (Å²) in [6.07, 6.45) is 4.76. The van der Waals surface area contributed by atoms with Gasteiger partial charge >= 0.3 is 21.3 Å². The molecule has 1 fully saturated rings. The molecule has 0 aromatic heterocycles. The third-order valence-electron chi connectivity index (χ3n) is 5.76. The summed E-state index contributed by atoms with van der Waals surface area (Å²) in [5, 5.41) is 0. The number of hydrogen-bond acceptors (Lipinski definition) is 3. The standard InChI is InChI=1S/C21H26N2OS2Si2/c1-15-9-7-11-17-13-22-21(25-19(15)17)23(28(5,6)24-27(22,3)4)14-18-12-8-10-16(2)20(18)26-21/h7-14H,1-6H3/q+2. The Bertz CT molecular complexity index is 1010. The van der Waals surface area contributed by atoms with Crippen molar-refractivity contribution >= 4 is 52.9 Å². The Balaban J connectivity index is 1.84. The normalized spacial score (nSPS) is 22.8. The lowest BCUT2D eigenvalue weighted by Crippen LogP contribution is -2.75. The van der Waals surface area contributed by atoms with Crippen LogP contribution in [0.4, 0.5) is 0 Å². The zero-order valence-electron chi connectivity index (χ0n) is 17.2. The minimum absolute atomic E-state index is 0.206. The van der Waals surface area contributed by atoms with Crippen molar-refractivity contribution in [2.24, 2.45) is 0 Å². The van der Waals surface area contributed by atoms with Gasteiger partial charge in [-0.1, -0.05) is 24.3 Å². The minimum atomic E-state index is -2.09. The summed E-state index contributed by atoms with van der Waals surface area (Å²) in [5.41, 5.74) is 5.35. The van der Waals surface area contributed by atoms with Crippen molar-refractivity contribution in [3.63, 3.8) is 0 Å². The summed E-state index contributed by atoms with van der Waals surface area (Å²) in [6, 6.07) is 13.3. The fourth-order valence-electron chi connectivity index (χ4n) is 4.57. The van der Waals surface area contributed by atoms with Gasteiger partial charge in [-0.2, -0.15) is 0 Å². The highest BCUT2D eigenvalue weighted by Crippen LogP contribution is 2.57. The monoisotopic (exact) mass is 442 g/mol. The van der Waals surface area contributed by atoms with E-state index in [0.717, 1.165) is 0 Å². The average molecular weight is 443 g/mol. The number of rotatable bonds is 0. The van der Waals surface area contributed by atoms with Crippen LogP contribution in [0, 0.1) is 13.8 Å². The van der Waals surface area contributed by atoms with E-state index < -0.39 is 17.0 Å². The minimum Gasteiger partial charge on any atom is -0.351 e. The van der Waals surface area contributed by atoms with Gasteiger partial charge in [0.2, 0.25) is 0 Å². The maximum Gasteiger partial charge on any atom is 0.506 e. The Morgan fingerprint density at radius 1 is 0.750 bits per heavy atom. The molecule has 0 radical (unpaired) electrons. The molecule has 0 amide bonds. The lowest BCUT2D eigenvalue weighted by Gasteiger charge is -2.45. The molecule has 3 aliphatic rings. The average Bonchev–Trinajstić information content (AvgIpc) is 2.61. The molecule has 1 spiro atoms. The largest absolute Gasteiger partial charge is 0.506 e. The Kier molecular flexibility index (Phi) is 4.01. The van der Waals surface area contributed by atoms with Crippen LogP contribution in [-0.2, 0) is 4.12 Å². The predicted molar refractivity (Wildman–Crippen MR) is 124 cm³/mol. The fraction of sp³-hybridized carbons (Fsp3) is 0.333. The van der Waals surface area contributed by atoms with Crippen LogP contribution in [0.1, 0.15) is 22.3 Å². The topological polar surface area (TPSA) is 15.2 Å². The molecule has 0 aliphatic carbocycles. The van der Waals surface area contributed by atoms with Gasteiger partial charge in [0.05, 0.1) is 11.1 Å². The second kappa shape index (κ2) is 5.95. The third kappa shape index (κ3) is 2.53. The summed E-state index contributed by atoms with van der Waals surface area (Å²) >= 11 is 4.04. The van der Waals surface area contributed by atoms with Crippen LogP contribution < -0.4 is 0 Å². The quantitative estimate of drug-likeness (QED) is 0.526. The summed E-state index contributed by atoms with van der Waals surface area (Å²) < 4.78 is 11.9. The number of nitrogens with zero attached hydrogens (tertiary/aromatic N) is 2. The Hall–Kier alpha value is -1.13. The molecule has 1 saturated heterocycles. The van der Waals surface area contributed by atoms with Gasteiger partial charge < -0.3 is 4.12 Å². The van der Waals surface area contributed by atoms with Gasteiger partial charge in [-0.15, -0.1) is 0 Å². The van der Waals surface area contributed by atoms with E-state index in [-0.39, 0.29) is 4.33 Å². The maximum absolute atomic E-state index is 6.93. The van der Waals surface area contributed by atoms with Crippen molar-refractivity contribution in [2.45, 2.75) is 54.2 Å². The molecule has 0 bridgehead atoms. The number of thioether (sulfide) groups is 2. The van der Waals surface area contributed by atoms with E-state index in [2.05, 4.69) is 97.3 Å². The summed E-state index contributed by atoms with van der Waals surface area (Å²) in [6.45, 7) is 13.9. The number of hydrogen-bond donors (Lipinski definition) is 0. The van der Waals surface area contributed by atoms with Crippen LogP contribution in [0.5, 0.6) is 0 Å². The van der Waals surface area contributed by atoms with Gasteiger partial charge in [0, 0.05) is 59.5 Å². The second-order valence-corrected chi connectivity index (χ2v) is 18.9. The van der Waals surface area contributed by atoms with Crippen LogP contribution in [0.3, 0.4) is 0 Å². The van der Waals surface area contributed by atoms with E-state index in [1.165, 1.54) is 32.0 Å². The van der Waals surface area contributed by atoms with Gasteiger partial charge in [-0.3, -0.25) is 0 Å². The van der Waals surface area contributed by atoms with E-state index in [4.69, 9.17) is 4.12 Å². The first-order chi connectivity index (χ1) is 13.1. The molecule has 0 N–H and O–H groups in total. The van der Waals surface area contributed by atoms with Gasteiger partial charge in [0.25, 0.3) is 0 Å². The maximum atomic E-state index is 6.93. The highest BCUT2D eigenvalue weighted by molar-refractivity contribution is 8.17. The van der Waals surface area contributed by atoms with Gasteiger partial charge in [-0.05, 0) is 37.1 Å². The summed E-state index contributed by atoms with van der Waals surface area (Å²) in [7, 11) is -4.19. The molecular formula is C21H26N2OS2Si2+2. The van der Waals surface area contributed by atoms with Crippen LogP contribution in [0.2, 0.25) is 26.2 Å². The number of aryl methyl sites for hydroxylation is 2. The van der Waals surface area contributed by atoms with Gasteiger partial charge in [0.15, 0.2) is 12.4 Å². The van der Waals surface area contributed by atoms with E-state index in [9.17, 15) is 0 Å². The van der Waals surface area contributed by atoms with Crippen molar-refractivity contribution in [1.82, 2.24) is 0 Å². The zero-order valence-corrected chi connectivity index (χ0v) is 20.9. The SMILES string of the molecule is Cc1cccc2c1SC13Sc4c(C)cccc4C=[N+]1[Si](C)(C)O[Si](C)(C)[N+]3=C2. The Morgan fingerprint density at radius 2 is 1.18 bits per heavy atom. The molecule has 0 atom stereocenters. The Labute approximate surface area is 177 Å². The molecule has 3 nitrogen and oxygen atoms in total. The molecule has 0 saturated carbocycles.